The summed E-state index contributed by atoms with van der Waals surface area (Å²) in [5.74, 6) is -3.34. The Bertz CT molecular complexity index is 1480. The molecule has 20 heteroatoms. The number of nitrogens with one attached hydrogen (secondary N) is 1. The molecule has 4 rings (SSSR count). The molecule has 0 aliphatic carbocycles. The van der Waals surface area contributed by atoms with Crippen LogP contribution in [0.3, 0.4) is 0 Å². The van der Waals surface area contributed by atoms with Crippen LogP contribution in [-0.4, -0.2) is 161 Å². The molecule has 19 atom stereocenters. The van der Waals surface area contributed by atoms with Gasteiger partial charge in [-0.2, -0.15) is 13.2 Å². The number of azide groups is 1. The fraction of sp³-hybridized carbons (Fsp3) is 0.974. The van der Waals surface area contributed by atoms with Crippen molar-refractivity contribution in [2.24, 2.45) is 22.9 Å². The summed E-state index contributed by atoms with van der Waals surface area (Å²) in [7, 11) is 2.70. The Morgan fingerprint density at radius 3 is 2.25 bits per heavy atom. The second kappa shape index (κ2) is 18.8. The molecule has 0 aromatic carbocycles. The monoisotopic (exact) mass is 855 g/mol. The summed E-state index contributed by atoms with van der Waals surface area (Å²) in [5.41, 5.74) is 2.14. The van der Waals surface area contributed by atoms with E-state index in [1.54, 1.807) is 41.5 Å². The number of fused-ring (bicyclic) bond motifs is 1. The third kappa shape index (κ3) is 10.3. The van der Waals surface area contributed by atoms with E-state index in [4.69, 9.17) is 38.7 Å². The van der Waals surface area contributed by atoms with E-state index in [2.05, 4.69) is 15.3 Å². The van der Waals surface area contributed by atoms with Crippen LogP contribution in [-0.2, 0) is 38.0 Å². The lowest BCUT2D eigenvalue weighted by Crippen LogP contribution is -2.68. The van der Waals surface area contributed by atoms with E-state index in [-0.39, 0.29) is 38.1 Å². The summed E-state index contributed by atoms with van der Waals surface area (Å²) >= 11 is 0. The summed E-state index contributed by atoms with van der Waals surface area (Å²) in [5, 5.41) is 54.1. The minimum Gasteiger partial charge on any atom is -0.459 e. The van der Waals surface area contributed by atoms with Crippen molar-refractivity contribution in [3.8, 4) is 0 Å². The second-order valence-corrected chi connectivity index (χ2v) is 18.1. The lowest BCUT2D eigenvalue weighted by molar-refractivity contribution is -0.335. The first-order valence-corrected chi connectivity index (χ1v) is 20.6. The maximum Gasteiger partial charge on any atom is 0.428 e. The van der Waals surface area contributed by atoms with E-state index >= 15 is 0 Å². The van der Waals surface area contributed by atoms with Gasteiger partial charge in [0.2, 0.25) is 6.23 Å². The van der Waals surface area contributed by atoms with Crippen molar-refractivity contribution in [2.75, 3.05) is 27.2 Å². The van der Waals surface area contributed by atoms with Crippen molar-refractivity contribution in [3.05, 3.63) is 10.4 Å². The maximum absolute atomic E-state index is 14.3. The van der Waals surface area contributed by atoms with Gasteiger partial charge in [0.15, 0.2) is 12.6 Å². The topological polar surface area (TPSA) is 227 Å². The van der Waals surface area contributed by atoms with Crippen molar-refractivity contribution in [3.63, 3.8) is 0 Å². The Balaban J connectivity index is 1.84. The molecule has 0 saturated carbocycles. The molecule has 4 fully saturated rings. The maximum atomic E-state index is 14.3. The zero-order chi connectivity index (χ0) is 44.6. The molecule has 4 saturated heterocycles. The molecule has 4 aliphatic rings. The first-order valence-electron chi connectivity index (χ1n) is 20.6. The van der Waals surface area contributed by atoms with Crippen molar-refractivity contribution in [2.45, 2.75) is 197 Å². The Labute approximate surface area is 345 Å². The molecular weight excluding hydrogens is 787 g/mol. The Morgan fingerprint density at radius 1 is 1.03 bits per heavy atom. The van der Waals surface area contributed by atoms with Crippen LogP contribution in [0.4, 0.5) is 13.2 Å². The van der Waals surface area contributed by atoms with Crippen LogP contribution in [0.5, 0.6) is 0 Å². The van der Waals surface area contributed by atoms with E-state index in [1.165, 1.54) is 34.9 Å². The summed E-state index contributed by atoms with van der Waals surface area (Å²) < 4.78 is 85.7. The molecule has 5 N–H and O–H groups in total. The van der Waals surface area contributed by atoms with E-state index in [1.807, 2.05) is 6.92 Å². The molecule has 17 nitrogen and oxygen atoms in total. The molecule has 59 heavy (non-hydrogen) atoms. The molecule has 0 bridgehead atoms. The van der Waals surface area contributed by atoms with Gasteiger partial charge in [0.25, 0.3) is 0 Å². The number of hydrogen-bond acceptors (Lipinski definition) is 15. The average Bonchev–Trinajstić information content (AvgIpc) is 3.49. The number of rotatable bonds is 8. The zero-order valence-electron chi connectivity index (χ0n) is 36.4. The lowest BCUT2D eigenvalue weighted by Gasteiger charge is -2.53. The highest BCUT2D eigenvalue weighted by atomic mass is 19.4. The van der Waals surface area contributed by atoms with E-state index in [0.29, 0.717) is 0 Å². The fourth-order valence-electron chi connectivity index (χ4n) is 9.61. The quantitative estimate of drug-likeness (QED) is 0.102. The molecule has 0 aromatic heterocycles. The normalized spacial score (nSPS) is 48.6. The third-order valence-electron chi connectivity index (χ3n) is 13.3. The molecule has 4 heterocycles. The van der Waals surface area contributed by atoms with Gasteiger partial charge in [-0.3, -0.25) is 9.69 Å². The van der Waals surface area contributed by atoms with Crippen LogP contribution < -0.4 is 5.32 Å². The number of cyclic esters (lactones) is 1. The van der Waals surface area contributed by atoms with Crippen molar-refractivity contribution in [1.82, 2.24) is 10.2 Å². The van der Waals surface area contributed by atoms with Crippen LogP contribution in [0.2, 0.25) is 0 Å². The standard InChI is InChI=1S/C39H68F3N5O12/c1-13-26-37(10,51)30(48)23(6)44-17-19(2)15-35(8,50)31(59-33-29-25(14-20(3)54-33)47(11)34(58-29)39(40,41)42)21(4)28(22(5)32(49)56-26)57-27-16-36(9,53-12)38(52,18-45-46-43)24(7)55-27/h19-31,33-34,44,48,50-52H,13-18H2,1-12H3/t19-,20-,21+,22-,23-,24+,25+,26-,27+,28+,29-,30-,31-,33+,34?,35-,36-,37-,38+/m1/s1. The van der Waals surface area contributed by atoms with Gasteiger partial charge in [-0.05, 0) is 92.8 Å². The van der Waals surface area contributed by atoms with E-state index in [0.717, 1.165) is 4.90 Å². The minimum atomic E-state index is -4.72. The molecule has 4 aliphatic heterocycles. The van der Waals surface area contributed by atoms with Gasteiger partial charge >= 0.3 is 12.1 Å². The van der Waals surface area contributed by atoms with Gasteiger partial charge in [-0.15, -0.1) is 0 Å². The number of ether oxygens (including phenoxy) is 7. The number of likely N-dealkylation sites (N-methyl/N-ethyl adjacent to an activating group) is 1. The van der Waals surface area contributed by atoms with Crippen molar-refractivity contribution >= 4 is 5.97 Å². The molecule has 0 aromatic rings. The number of aliphatic hydroxyl groups is 4. The van der Waals surface area contributed by atoms with Crippen molar-refractivity contribution < 1.29 is 71.5 Å². The smallest absolute Gasteiger partial charge is 0.428 e. The first-order chi connectivity index (χ1) is 27.2. The molecule has 1 unspecified atom stereocenters. The zero-order valence-corrected chi connectivity index (χ0v) is 36.4. The van der Waals surface area contributed by atoms with Gasteiger partial charge in [-0.1, -0.05) is 25.9 Å². The molecule has 0 amide bonds. The number of hydrogen-bond donors (Lipinski definition) is 5. The fourth-order valence-corrected chi connectivity index (χ4v) is 9.61. The number of alkyl halides is 3. The van der Waals surface area contributed by atoms with Crippen molar-refractivity contribution in [1.29, 1.82) is 0 Å². The van der Waals surface area contributed by atoms with E-state index in [9.17, 15) is 38.4 Å². The summed E-state index contributed by atoms with van der Waals surface area (Å²) in [6, 6.07) is -1.44. The van der Waals surface area contributed by atoms with Gasteiger partial charge in [0.05, 0.1) is 42.5 Å². The van der Waals surface area contributed by atoms with Gasteiger partial charge < -0.3 is 58.9 Å². The predicted octanol–water partition coefficient (Wildman–Crippen LogP) is 3.54. The van der Waals surface area contributed by atoms with Gasteiger partial charge in [0.1, 0.15) is 35.1 Å². The largest absolute Gasteiger partial charge is 0.459 e. The minimum absolute atomic E-state index is 0.0464. The van der Waals surface area contributed by atoms with Crippen LogP contribution in [0.1, 0.15) is 94.9 Å². The highest BCUT2D eigenvalue weighted by Gasteiger charge is 2.60. The van der Waals surface area contributed by atoms with Gasteiger partial charge in [0, 0.05) is 36.4 Å². The number of carbonyl (C=O) groups is 1. The SMILES string of the molecule is CC[C@H]1OC(=O)[C@H](C)[C@@H](O[C@H]2C[C@@](C)(OC)[C@](O)(CN=[N+]=[N-])[C@H](C)O2)[C@H](C)[C@@H](O[C@@H]2O[C@H](C)C[C@H]3[C@H]2OC(C(F)(F)F)N3C)[C@](C)(O)C[C@@H](C)CN[C@H](C)[C@@H](O)[C@]1(C)O. The number of nitrogens with zero attached hydrogens (tertiary/aromatic N) is 4. The molecular formula is C39H68F3N5O12. The number of methoxy groups -OCH3 is 1. The van der Waals surface area contributed by atoms with Gasteiger partial charge in [-0.25, -0.2) is 0 Å². The number of aliphatic hydroxyl groups excluding tert-OH is 1. The van der Waals surface area contributed by atoms with Crippen LogP contribution in [0.25, 0.3) is 10.4 Å². The molecule has 0 spiro atoms. The lowest BCUT2D eigenvalue weighted by atomic mass is 9.75. The van der Waals surface area contributed by atoms with Crippen LogP contribution >= 0.6 is 0 Å². The predicted molar refractivity (Wildman–Crippen MR) is 205 cm³/mol. The molecule has 342 valence electrons. The van der Waals surface area contributed by atoms with Crippen LogP contribution in [0.15, 0.2) is 5.11 Å². The Hall–Kier alpha value is -1.91. The highest BCUT2D eigenvalue weighted by molar-refractivity contribution is 5.73. The first kappa shape index (κ1) is 49.7. The number of halogens is 3. The highest BCUT2D eigenvalue weighted by Crippen LogP contribution is 2.45. The van der Waals surface area contributed by atoms with Crippen LogP contribution in [0, 0.1) is 17.8 Å². The number of esters is 1. The Morgan fingerprint density at radius 2 is 1.68 bits per heavy atom. The summed E-state index contributed by atoms with van der Waals surface area (Å²) in [6.45, 7) is 16.1. The molecule has 0 radical (unpaired) electrons. The number of carbonyl (C=O) groups excluding carboxylic acids is 1. The summed E-state index contributed by atoms with van der Waals surface area (Å²) in [4.78, 5) is 18.2. The average molecular weight is 856 g/mol. The summed E-state index contributed by atoms with van der Waals surface area (Å²) in [6.07, 6.45) is -17.2. The second-order valence-electron chi connectivity index (χ2n) is 18.1. The Kier molecular flexibility index (Phi) is 15.9. The van der Waals surface area contributed by atoms with E-state index < -0.39 is 127 Å². The third-order valence-corrected chi connectivity index (χ3v) is 13.3.